The van der Waals surface area contributed by atoms with Gasteiger partial charge in [0.25, 0.3) is 0 Å². The minimum atomic E-state index is -6.09. The third kappa shape index (κ3) is 9.18. The number of nitrogens with zero attached hydrogens (tertiary/aromatic N) is 2. The van der Waals surface area contributed by atoms with Gasteiger partial charge in [-0.25, -0.2) is 28.0 Å². The topological polar surface area (TPSA) is 283 Å². The number of ether oxygens (including phenoxy) is 1. The van der Waals surface area contributed by atoms with Gasteiger partial charge in [0.1, 0.15) is 12.0 Å². The van der Waals surface area contributed by atoms with Crippen LogP contribution in [0.1, 0.15) is 39.2 Å². The zero-order valence-corrected chi connectivity index (χ0v) is 31.5. The molecule has 280 valence electrons. The van der Waals surface area contributed by atoms with Crippen molar-refractivity contribution in [2.75, 3.05) is 13.2 Å². The van der Waals surface area contributed by atoms with E-state index in [1.54, 1.807) is 20.8 Å². The van der Waals surface area contributed by atoms with Crippen molar-refractivity contribution >= 4 is 83.6 Å². The van der Waals surface area contributed by atoms with Crippen LogP contribution in [0.4, 0.5) is 10.5 Å². The van der Waals surface area contributed by atoms with Crippen LogP contribution < -0.4 is 9.84 Å². The van der Waals surface area contributed by atoms with Crippen LogP contribution in [0.5, 0.6) is 5.75 Å². The molecule has 0 aromatic heterocycles. The summed E-state index contributed by atoms with van der Waals surface area (Å²) < 4.78 is 77.0. The van der Waals surface area contributed by atoms with Crippen molar-refractivity contribution in [2.24, 2.45) is 10.9 Å². The monoisotopic (exact) mass is 837 g/mol. The molecule has 1 aliphatic carbocycles. The molecule has 1 aromatic carbocycles. The molecule has 0 spiro atoms. The van der Waals surface area contributed by atoms with E-state index in [1.165, 1.54) is 23.1 Å². The van der Waals surface area contributed by atoms with Gasteiger partial charge in [-0.2, -0.15) is 12.9 Å². The summed E-state index contributed by atoms with van der Waals surface area (Å²) in [5.41, 5.74) is 0.193. The maximum absolute atomic E-state index is 12.7. The van der Waals surface area contributed by atoms with Gasteiger partial charge in [-0.05, 0) is 42.7 Å². The lowest BCUT2D eigenvalue weighted by atomic mass is 9.71. The molecule has 0 bridgehead atoms. The highest BCUT2D eigenvalue weighted by atomic mass is 35.5. The van der Waals surface area contributed by atoms with E-state index in [4.69, 9.17) is 32.5 Å². The molecule has 4 aliphatic rings. The van der Waals surface area contributed by atoms with Crippen LogP contribution in [0.3, 0.4) is 0 Å². The normalized spacial score (nSPS) is 27.9. The molecule has 2 fully saturated rings. The average molecular weight is 838 g/mol. The summed E-state index contributed by atoms with van der Waals surface area (Å²) in [7, 11) is -23.4. The third-order valence-electron chi connectivity index (χ3n) is 7.77. The first-order valence-electron chi connectivity index (χ1n) is 14.5. The Labute approximate surface area is 298 Å². The minimum absolute atomic E-state index is 0.0526. The molecule has 0 saturated carbocycles. The average Bonchev–Trinajstić information content (AvgIpc) is 3.44. The number of hydrogen-bond donors (Lipinski definition) is 5. The quantitative estimate of drug-likeness (QED) is 0.140. The summed E-state index contributed by atoms with van der Waals surface area (Å²) in [5.74, 6) is -2.06. The third-order valence-corrected chi connectivity index (χ3v) is 14.3. The van der Waals surface area contributed by atoms with Crippen molar-refractivity contribution in [3.63, 3.8) is 0 Å². The molecule has 51 heavy (non-hydrogen) atoms. The Balaban J connectivity index is 1.18. The van der Waals surface area contributed by atoms with Gasteiger partial charge < -0.3 is 23.9 Å². The molecule has 3 amide bonds. The lowest BCUT2D eigenvalue weighted by Crippen LogP contribution is -2.57. The molecular formula is C25H29Cl2N3O17P4. The van der Waals surface area contributed by atoms with Crippen LogP contribution in [-0.4, -0.2) is 73.4 Å². The van der Waals surface area contributed by atoms with E-state index in [1.807, 2.05) is 0 Å². The fourth-order valence-electron chi connectivity index (χ4n) is 5.53. The van der Waals surface area contributed by atoms with Crippen molar-refractivity contribution in [1.82, 2.24) is 10.2 Å². The molecule has 5 rings (SSSR count). The van der Waals surface area contributed by atoms with Crippen molar-refractivity contribution < 1.29 is 78.9 Å². The van der Waals surface area contributed by atoms with E-state index < -0.39 is 85.0 Å². The number of nitrogens with one attached hydrogen (secondary N) is 1. The van der Waals surface area contributed by atoms with Gasteiger partial charge in [-0.3, -0.25) is 29.2 Å². The number of urea groups is 1. The van der Waals surface area contributed by atoms with Gasteiger partial charge in [0.15, 0.2) is 0 Å². The number of halogens is 2. The standard InChI is InChI=1S/C25H29Cl2N3O17P4/c1-12-10-30(24(33)29-23(12)32)19-7-5-14(43-19)11-42-48(34,35)45-50(38,39)47-51(40,41)46-49(36,37)44-13-4-6-17-15(8-13)25(2,3)20-18(28-17)9-16(26)22(31)21(20)27/h4,6,8-9,12,14,19H,5,7,10-11H2,1-3H3,(H,34,35)(H,36,37)(H,38,39)(H,40,41)(H,29,32,33)/t12?,14-,19+/m0/s1. The second-order valence-electron chi connectivity index (χ2n) is 12.0. The van der Waals surface area contributed by atoms with Crippen molar-refractivity contribution in [2.45, 2.75) is 51.4 Å². The van der Waals surface area contributed by atoms with E-state index in [9.17, 15) is 52.2 Å². The second kappa shape index (κ2) is 14.3. The molecule has 20 nitrogen and oxygen atoms in total. The molecule has 26 heteroatoms. The lowest BCUT2D eigenvalue weighted by molar-refractivity contribution is -0.128. The highest BCUT2D eigenvalue weighted by Gasteiger charge is 2.47. The zero-order valence-electron chi connectivity index (χ0n) is 26.4. The minimum Gasteiger partial charge on any atom is -0.404 e. The number of amides is 3. The number of rotatable bonds is 12. The number of carbonyl (C=O) groups is 3. The first-order valence-corrected chi connectivity index (χ1v) is 21.2. The van der Waals surface area contributed by atoms with Gasteiger partial charge in [0.05, 0.1) is 40.1 Å². The maximum atomic E-state index is 12.7. The smallest absolute Gasteiger partial charge is 0.404 e. The molecular weight excluding hydrogens is 809 g/mol. The number of Topliss-reactive ketones (excluding diaryl/α,β-unsaturated/α-hetero) is 1. The number of phosphoric ester groups is 2. The van der Waals surface area contributed by atoms with E-state index in [0.29, 0.717) is 22.5 Å². The number of benzene rings is 1. The molecule has 3 aliphatic heterocycles. The first-order chi connectivity index (χ1) is 23.4. The Kier molecular flexibility index (Phi) is 11.2. The predicted octanol–water partition coefficient (Wildman–Crippen LogP) is 4.79. The van der Waals surface area contributed by atoms with Gasteiger partial charge in [-0.1, -0.05) is 44.0 Å². The highest BCUT2D eigenvalue weighted by Crippen LogP contribution is 2.71. The number of hydrogen-bond acceptors (Lipinski definition) is 14. The Morgan fingerprint density at radius 1 is 0.980 bits per heavy atom. The van der Waals surface area contributed by atoms with Crippen LogP contribution in [0, 0.1) is 5.92 Å². The molecule has 2 saturated heterocycles. The summed E-state index contributed by atoms with van der Waals surface area (Å²) in [6.07, 6.45) is 0.0135. The Morgan fingerprint density at radius 2 is 1.61 bits per heavy atom. The molecule has 5 unspecified atom stereocenters. The molecule has 1 aromatic rings. The number of allylic oxidation sites excluding steroid dienone is 4. The van der Waals surface area contributed by atoms with Crippen molar-refractivity contribution in [3.8, 4) is 5.75 Å². The summed E-state index contributed by atoms with van der Waals surface area (Å²) in [6, 6.07) is 2.97. The number of fused-ring (bicyclic) bond motifs is 2. The maximum Gasteiger partial charge on any atom is 0.536 e. The Morgan fingerprint density at radius 3 is 2.27 bits per heavy atom. The van der Waals surface area contributed by atoms with Crippen molar-refractivity contribution in [1.29, 1.82) is 0 Å². The van der Waals surface area contributed by atoms with Crippen LogP contribution in [0.2, 0.25) is 0 Å². The molecule has 5 N–H and O–H groups in total. The summed E-state index contributed by atoms with van der Waals surface area (Å²) in [5, 5.41) is 1.80. The Hall–Kier alpha value is -2.08. The van der Waals surface area contributed by atoms with Gasteiger partial charge in [-0.15, -0.1) is 0 Å². The van der Waals surface area contributed by atoms with Crippen LogP contribution in [0.25, 0.3) is 0 Å². The first kappa shape index (κ1) is 40.1. The number of phosphoric acid groups is 4. The van der Waals surface area contributed by atoms with E-state index in [-0.39, 0.29) is 29.5 Å². The number of ketones is 1. The van der Waals surface area contributed by atoms with Gasteiger partial charge in [0.2, 0.25) is 11.7 Å². The lowest BCUT2D eigenvalue weighted by Gasteiger charge is -2.36. The SMILES string of the molecule is CC1CN([C@H]2CC[C@@H](COP(=O)(O)OP(=O)(O)OP(=O)(O)OP(=O)(O)Oc3ccc4c(c3)C(C)(C)C3=C(Cl)C(=O)C(Cl)=CC3=N4)O2)C(=O)NC1=O. The molecule has 3 heterocycles. The zero-order chi connectivity index (χ0) is 37.9. The number of aliphatic imine (C=N–C) groups is 1. The fourth-order valence-corrected chi connectivity index (χ4v) is 11.2. The summed E-state index contributed by atoms with van der Waals surface area (Å²) in [6.45, 7) is 4.24. The molecule has 0 radical (unpaired) electrons. The van der Waals surface area contributed by atoms with E-state index in [0.717, 1.165) is 6.07 Å². The summed E-state index contributed by atoms with van der Waals surface area (Å²) >= 11 is 12.3. The number of imide groups is 1. The van der Waals surface area contributed by atoms with E-state index >= 15 is 0 Å². The molecule has 7 atom stereocenters. The van der Waals surface area contributed by atoms with Gasteiger partial charge in [0, 0.05) is 17.5 Å². The van der Waals surface area contributed by atoms with E-state index in [2.05, 4.69) is 27.8 Å². The van der Waals surface area contributed by atoms with Crippen LogP contribution >= 0.6 is 54.5 Å². The number of carbonyl (C=O) groups excluding carboxylic acids is 3. The fraction of sp³-hybridized carbons (Fsp3) is 0.440. The highest BCUT2D eigenvalue weighted by molar-refractivity contribution is 7.69. The van der Waals surface area contributed by atoms with Crippen molar-refractivity contribution in [3.05, 3.63) is 45.5 Å². The summed E-state index contributed by atoms with van der Waals surface area (Å²) in [4.78, 5) is 81.9. The Bertz CT molecular complexity index is 1990. The van der Waals surface area contributed by atoms with Crippen LogP contribution in [-0.2, 0) is 55.5 Å². The van der Waals surface area contributed by atoms with Gasteiger partial charge >= 0.3 is 37.3 Å². The second-order valence-corrected chi connectivity index (χ2v) is 18.9. The largest absolute Gasteiger partial charge is 0.536 e. The predicted molar refractivity (Wildman–Crippen MR) is 175 cm³/mol. The van der Waals surface area contributed by atoms with Crippen LogP contribution in [0.15, 0.2) is 44.9 Å².